The number of esters is 1. The number of amides is 1. The minimum Gasteiger partial charge on any atom is -0.467 e. The number of methoxy groups -OCH3 is 1. The molecular formula is C18H15F3N2O4. The Kier molecular flexibility index (Phi) is 5.02. The van der Waals surface area contributed by atoms with Gasteiger partial charge in [-0.25, -0.2) is 9.78 Å². The quantitative estimate of drug-likeness (QED) is 0.763. The zero-order valence-electron chi connectivity index (χ0n) is 14.2. The summed E-state index contributed by atoms with van der Waals surface area (Å²) in [7, 11) is 1.27. The lowest BCUT2D eigenvalue weighted by atomic mass is 10.1. The number of pyridine rings is 1. The molecule has 9 heteroatoms. The number of hydrogen-bond acceptors (Lipinski definition) is 5. The van der Waals surface area contributed by atoms with E-state index in [0.717, 1.165) is 5.56 Å². The van der Waals surface area contributed by atoms with Gasteiger partial charge in [-0.15, -0.1) is 0 Å². The summed E-state index contributed by atoms with van der Waals surface area (Å²) in [4.78, 5) is 29.7. The largest absolute Gasteiger partial charge is 0.467 e. The summed E-state index contributed by atoms with van der Waals surface area (Å²) in [6.07, 6.45) is -2.78. The molecule has 0 saturated heterocycles. The van der Waals surface area contributed by atoms with E-state index in [1.165, 1.54) is 36.4 Å². The van der Waals surface area contributed by atoms with Crippen LogP contribution in [-0.4, -0.2) is 43.3 Å². The van der Waals surface area contributed by atoms with Crippen LogP contribution in [0.3, 0.4) is 0 Å². The Morgan fingerprint density at radius 1 is 1.26 bits per heavy atom. The van der Waals surface area contributed by atoms with Gasteiger partial charge in [-0.05, 0) is 42.3 Å². The van der Waals surface area contributed by atoms with Gasteiger partial charge in [0.25, 0.3) is 5.91 Å². The first-order chi connectivity index (χ1) is 12.8. The first-order valence-corrected chi connectivity index (χ1v) is 7.98. The number of nitrogens with zero attached hydrogens (tertiary/aromatic N) is 2. The molecule has 1 aromatic heterocycles. The molecule has 1 amide bonds. The van der Waals surface area contributed by atoms with Crippen LogP contribution in [0.15, 0.2) is 36.5 Å². The van der Waals surface area contributed by atoms with Crippen LogP contribution in [0.25, 0.3) is 0 Å². The number of carbonyl (C=O) groups is 2. The van der Waals surface area contributed by atoms with Crippen LogP contribution in [0.4, 0.5) is 18.9 Å². The molecule has 0 atom stereocenters. The second kappa shape index (κ2) is 7.26. The Bertz CT molecular complexity index is 883. The molecule has 0 bridgehead atoms. The van der Waals surface area contributed by atoms with Crippen LogP contribution < -0.4 is 9.64 Å². The van der Waals surface area contributed by atoms with Crippen LogP contribution in [0, 0.1) is 0 Å². The van der Waals surface area contributed by atoms with E-state index >= 15 is 0 Å². The van der Waals surface area contributed by atoms with Crippen LogP contribution in [0.2, 0.25) is 0 Å². The number of alkyl halides is 3. The van der Waals surface area contributed by atoms with Gasteiger partial charge in [-0.3, -0.25) is 4.79 Å². The standard InChI is InChI=1S/C18H15F3N2O4/c1-26-17(25)12-4-5-14-11(9-12)6-8-23(14)16(24)13-3-2-7-22-15(13)27-10-18(19,20)21/h2-5,7,9H,6,8,10H2,1H3. The van der Waals surface area contributed by atoms with Gasteiger partial charge in [0, 0.05) is 18.4 Å². The lowest BCUT2D eigenvalue weighted by Gasteiger charge is -2.19. The fourth-order valence-electron chi connectivity index (χ4n) is 2.82. The number of anilines is 1. The Morgan fingerprint density at radius 2 is 2.04 bits per heavy atom. The van der Waals surface area contributed by atoms with E-state index in [1.807, 2.05) is 0 Å². The van der Waals surface area contributed by atoms with E-state index in [0.29, 0.717) is 24.2 Å². The topological polar surface area (TPSA) is 68.7 Å². The maximum absolute atomic E-state index is 12.9. The van der Waals surface area contributed by atoms with Crippen molar-refractivity contribution in [1.82, 2.24) is 4.98 Å². The minimum absolute atomic E-state index is 0.0633. The van der Waals surface area contributed by atoms with Crippen molar-refractivity contribution in [1.29, 1.82) is 0 Å². The minimum atomic E-state index is -4.54. The van der Waals surface area contributed by atoms with Gasteiger partial charge >= 0.3 is 12.1 Å². The van der Waals surface area contributed by atoms with Crippen LogP contribution in [0.1, 0.15) is 26.3 Å². The number of carbonyl (C=O) groups excluding carboxylic acids is 2. The Morgan fingerprint density at radius 3 is 2.74 bits per heavy atom. The molecule has 27 heavy (non-hydrogen) atoms. The van der Waals surface area contributed by atoms with Crippen molar-refractivity contribution in [2.45, 2.75) is 12.6 Å². The lowest BCUT2D eigenvalue weighted by Crippen LogP contribution is -2.30. The van der Waals surface area contributed by atoms with Crippen LogP contribution in [-0.2, 0) is 11.2 Å². The summed E-state index contributed by atoms with van der Waals surface area (Å²) in [6.45, 7) is -1.21. The average Bonchev–Trinajstić information content (AvgIpc) is 3.08. The summed E-state index contributed by atoms with van der Waals surface area (Å²) in [5.74, 6) is -1.39. The monoisotopic (exact) mass is 380 g/mol. The van der Waals surface area contributed by atoms with Crippen LogP contribution >= 0.6 is 0 Å². The Labute approximate surface area is 152 Å². The molecule has 0 N–H and O–H groups in total. The van der Waals surface area contributed by atoms with Gasteiger partial charge in [-0.1, -0.05) is 0 Å². The van der Waals surface area contributed by atoms with Crippen molar-refractivity contribution in [2.75, 3.05) is 25.2 Å². The summed E-state index contributed by atoms with van der Waals surface area (Å²) in [5, 5.41) is 0. The van der Waals surface area contributed by atoms with E-state index < -0.39 is 24.7 Å². The molecule has 1 aliphatic rings. The molecule has 0 saturated carbocycles. The van der Waals surface area contributed by atoms with Crippen LogP contribution in [0.5, 0.6) is 5.88 Å². The number of benzene rings is 1. The Balaban J connectivity index is 1.86. The van der Waals surface area contributed by atoms with Gasteiger partial charge in [0.15, 0.2) is 6.61 Å². The number of aromatic nitrogens is 1. The highest BCUT2D eigenvalue weighted by atomic mass is 19.4. The number of rotatable bonds is 4. The van der Waals surface area contributed by atoms with Gasteiger partial charge in [0.2, 0.25) is 5.88 Å². The molecular weight excluding hydrogens is 365 g/mol. The fourth-order valence-corrected chi connectivity index (χ4v) is 2.82. The summed E-state index contributed by atoms with van der Waals surface area (Å²) in [5.41, 5.74) is 1.65. The highest BCUT2D eigenvalue weighted by Gasteiger charge is 2.32. The molecule has 1 aliphatic heterocycles. The molecule has 0 fully saturated rings. The molecule has 6 nitrogen and oxygen atoms in total. The van der Waals surface area contributed by atoms with Crippen molar-refractivity contribution in [2.24, 2.45) is 0 Å². The normalized spacial score (nSPS) is 13.3. The van der Waals surface area contributed by atoms with Crippen molar-refractivity contribution >= 4 is 17.6 Å². The first kappa shape index (κ1) is 18.7. The van der Waals surface area contributed by atoms with Gasteiger partial charge in [0.1, 0.15) is 5.56 Å². The molecule has 1 aromatic carbocycles. The fraction of sp³-hybridized carbons (Fsp3) is 0.278. The van der Waals surface area contributed by atoms with E-state index in [-0.39, 0.29) is 11.4 Å². The third-order valence-corrected chi connectivity index (χ3v) is 4.02. The highest BCUT2D eigenvalue weighted by Crippen LogP contribution is 2.32. The summed E-state index contributed by atoms with van der Waals surface area (Å²) < 4.78 is 46.6. The molecule has 3 rings (SSSR count). The van der Waals surface area contributed by atoms with E-state index in [1.54, 1.807) is 12.1 Å². The van der Waals surface area contributed by atoms with Gasteiger partial charge < -0.3 is 14.4 Å². The second-order valence-electron chi connectivity index (χ2n) is 5.80. The third-order valence-electron chi connectivity index (χ3n) is 4.02. The summed E-state index contributed by atoms with van der Waals surface area (Å²) >= 11 is 0. The maximum Gasteiger partial charge on any atom is 0.422 e. The second-order valence-corrected chi connectivity index (χ2v) is 5.80. The predicted octanol–water partition coefficient (Wildman–Crippen LogP) is 3.01. The molecule has 0 unspecified atom stereocenters. The van der Waals surface area contributed by atoms with E-state index in [4.69, 9.17) is 4.74 Å². The van der Waals surface area contributed by atoms with Gasteiger partial charge in [-0.2, -0.15) is 13.2 Å². The van der Waals surface area contributed by atoms with Crippen molar-refractivity contribution in [3.8, 4) is 5.88 Å². The van der Waals surface area contributed by atoms with Crippen molar-refractivity contribution in [3.63, 3.8) is 0 Å². The van der Waals surface area contributed by atoms with E-state index in [9.17, 15) is 22.8 Å². The van der Waals surface area contributed by atoms with E-state index in [2.05, 4.69) is 9.72 Å². The predicted molar refractivity (Wildman–Crippen MR) is 88.9 cm³/mol. The molecule has 0 radical (unpaired) electrons. The van der Waals surface area contributed by atoms with Crippen molar-refractivity contribution < 1.29 is 32.2 Å². The number of fused-ring (bicyclic) bond motifs is 1. The molecule has 0 aliphatic carbocycles. The number of hydrogen-bond donors (Lipinski definition) is 0. The maximum atomic E-state index is 12.9. The van der Waals surface area contributed by atoms with Gasteiger partial charge in [0.05, 0.1) is 12.7 Å². The number of halogens is 3. The summed E-state index contributed by atoms with van der Waals surface area (Å²) in [6, 6.07) is 7.59. The smallest absolute Gasteiger partial charge is 0.422 e. The third kappa shape index (κ3) is 4.02. The lowest BCUT2D eigenvalue weighted by molar-refractivity contribution is -0.154. The average molecular weight is 380 g/mol. The number of ether oxygens (including phenoxy) is 2. The zero-order chi connectivity index (χ0) is 19.6. The first-order valence-electron chi connectivity index (χ1n) is 7.98. The molecule has 2 heterocycles. The van der Waals surface area contributed by atoms with Crippen molar-refractivity contribution in [3.05, 3.63) is 53.2 Å². The Hall–Kier alpha value is -3.10. The molecule has 142 valence electrons. The molecule has 2 aromatic rings. The highest BCUT2D eigenvalue weighted by molar-refractivity contribution is 6.09. The zero-order valence-corrected chi connectivity index (χ0v) is 14.2. The SMILES string of the molecule is COC(=O)c1ccc2c(c1)CCN2C(=O)c1cccnc1OCC(F)(F)F. The molecule has 0 spiro atoms.